The maximum atomic E-state index is 5.50. The van der Waals surface area contributed by atoms with E-state index in [1.54, 1.807) is 4.68 Å². The minimum atomic E-state index is 0.625. The summed E-state index contributed by atoms with van der Waals surface area (Å²) in [6.07, 6.45) is 1.87. The van der Waals surface area contributed by atoms with Gasteiger partial charge in [-0.3, -0.25) is 4.68 Å². The molecule has 0 radical (unpaired) electrons. The zero-order valence-electron chi connectivity index (χ0n) is 9.34. The van der Waals surface area contributed by atoms with Crippen molar-refractivity contribution in [3.63, 3.8) is 0 Å². The van der Waals surface area contributed by atoms with E-state index in [2.05, 4.69) is 20.5 Å². The summed E-state index contributed by atoms with van der Waals surface area (Å²) in [5.41, 5.74) is 5.58. The molecule has 3 heterocycles. The number of aryl methyl sites for hydroxylation is 1. The van der Waals surface area contributed by atoms with Gasteiger partial charge in [0, 0.05) is 30.3 Å². The maximum absolute atomic E-state index is 5.50. The lowest BCUT2D eigenvalue weighted by Crippen LogP contribution is -2.13. The van der Waals surface area contributed by atoms with Crippen LogP contribution in [-0.4, -0.2) is 19.7 Å². The van der Waals surface area contributed by atoms with Crippen LogP contribution in [0.25, 0.3) is 11.5 Å². The van der Waals surface area contributed by atoms with Gasteiger partial charge in [0.2, 0.25) is 0 Å². The highest BCUT2D eigenvalue weighted by atomic mass is 32.2. The van der Waals surface area contributed by atoms with Gasteiger partial charge in [0.05, 0.1) is 5.69 Å². The number of aromatic nitrogens is 4. The van der Waals surface area contributed by atoms with Crippen LogP contribution in [-0.2, 0) is 18.6 Å². The van der Waals surface area contributed by atoms with Gasteiger partial charge in [-0.15, -0.1) is 0 Å². The third-order valence-corrected chi connectivity index (χ3v) is 3.63. The average Bonchev–Trinajstić information content (AvgIpc) is 2.95. The summed E-state index contributed by atoms with van der Waals surface area (Å²) in [6, 6.07) is 1.89. The Balaban J connectivity index is 2.12. The minimum absolute atomic E-state index is 0.625. The second-order valence-corrected chi connectivity index (χ2v) is 4.82. The smallest absolute Gasteiger partial charge is 0.182 e. The first-order valence-corrected chi connectivity index (χ1v) is 6.37. The van der Waals surface area contributed by atoms with Crippen LogP contribution in [0.5, 0.6) is 0 Å². The van der Waals surface area contributed by atoms with Crippen molar-refractivity contribution >= 4 is 17.6 Å². The van der Waals surface area contributed by atoms with Crippen LogP contribution in [0.4, 0.5) is 5.82 Å². The Bertz CT molecular complexity index is 564. The van der Waals surface area contributed by atoms with Crippen LogP contribution >= 0.6 is 11.8 Å². The highest BCUT2D eigenvalue weighted by Crippen LogP contribution is 2.33. The lowest BCUT2D eigenvalue weighted by atomic mass is 10.2. The van der Waals surface area contributed by atoms with E-state index in [-0.39, 0.29) is 0 Å². The average molecular weight is 248 g/mol. The molecule has 3 N–H and O–H groups in total. The van der Waals surface area contributed by atoms with Gasteiger partial charge in [0.15, 0.2) is 5.82 Å². The number of thioether (sulfide) groups is 1. The molecule has 0 saturated heterocycles. The number of anilines is 1. The Kier molecular flexibility index (Phi) is 2.49. The predicted molar refractivity (Wildman–Crippen MR) is 67.0 cm³/mol. The summed E-state index contributed by atoms with van der Waals surface area (Å²) >= 11 is 1.82. The van der Waals surface area contributed by atoms with Gasteiger partial charge in [-0.25, -0.2) is 15.8 Å². The molecule has 0 spiro atoms. The van der Waals surface area contributed by atoms with Crippen molar-refractivity contribution < 1.29 is 0 Å². The van der Waals surface area contributed by atoms with Gasteiger partial charge < -0.3 is 5.43 Å². The molecule has 6 nitrogen and oxygen atoms in total. The van der Waals surface area contributed by atoms with Crippen LogP contribution in [0.1, 0.15) is 11.3 Å². The van der Waals surface area contributed by atoms with Crippen molar-refractivity contribution in [1.29, 1.82) is 0 Å². The number of fused-ring (bicyclic) bond motifs is 1. The van der Waals surface area contributed by atoms with Crippen LogP contribution in [0, 0.1) is 0 Å². The molecule has 1 aliphatic heterocycles. The molecule has 0 fully saturated rings. The van der Waals surface area contributed by atoms with Crippen LogP contribution in [0.2, 0.25) is 0 Å². The normalized spacial score (nSPS) is 13.8. The summed E-state index contributed by atoms with van der Waals surface area (Å²) in [5.74, 6) is 8.66. The molecule has 0 aromatic carbocycles. The van der Waals surface area contributed by atoms with Crippen molar-refractivity contribution in [3.05, 3.63) is 23.5 Å². The van der Waals surface area contributed by atoms with Crippen molar-refractivity contribution in [2.24, 2.45) is 12.9 Å². The number of nitrogens with one attached hydrogen (secondary N) is 1. The van der Waals surface area contributed by atoms with E-state index in [1.807, 2.05) is 31.1 Å². The number of nitrogens with two attached hydrogens (primary N) is 1. The van der Waals surface area contributed by atoms with E-state index in [0.717, 1.165) is 28.5 Å². The van der Waals surface area contributed by atoms with Crippen molar-refractivity contribution in [3.8, 4) is 11.5 Å². The fourth-order valence-electron chi connectivity index (χ4n) is 1.82. The van der Waals surface area contributed by atoms with Gasteiger partial charge in [0.25, 0.3) is 0 Å². The largest absolute Gasteiger partial charge is 0.308 e. The molecular formula is C10H12N6S. The molecule has 0 atom stereocenters. The topological polar surface area (TPSA) is 81.7 Å². The molecule has 0 amide bonds. The first-order chi connectivity index (χ1) is 8.28. The SMILES string of the molecule is Cn1ccc(-c2nc3c(c(NN)n2)CSC3)n1. The fourth-order valence-corrected chi connectivity index (χ4v) is 2.86. The molecule has 0 saturated carbocycles. The standard InChI is InChI=1S/C10H12N6S/c1-16-3-2-7(15-16)10-12-8-5-17-4-6(8)9(13-10)14-11/h2-3H,4-5,11H2,1H3,(H,12,13,14). The van der Waals surface area contributed by atoms with Gasteiger partial charge >= 0.3 is 0 Å². The number of hydrazine groups is 1. The van der Waals surface area contributed by atoms with Crippen LogP contribution in [0.15, 0.2) is 12.3 Å². The lowest BCUT2D eigenvalue weighted by Gasteiger charge is -2.07. The molecule has 3 rings (SSSR count). The maximum Gasteiger partial charge on any atom is 0.182 e. The monoisotopic (exact) mass is 248 g/mol. The molecule has 0 unspecified atom stereocenters. The highest BCUT2D eigenvalue weighted by molar-refractivity contribution is 7.98. The summed E-state index contributed by atoms with van der Waals surface area (Å²) in [7, 11) is 1.87. The first kappa shape index (κ1) is 10.5. The molecular weight excluding hydrogens is 236 g/mol. The molecule has 7 heteroatoms. The third-order valence-electron chi connectivity index (χ3n) is 2.66. The van der Waals surface area contributed by atoms with Crippen LogP contribution < -0.4 is 11.3 Å². The Morgan fingerprint density at radius 2 is 2.29 bits per heavy atom. The Morgan fingerprint density at radius 1 is 1.41 bits per heavy atom. The molecule has 0 bridgehead atoms. The van der Waals surface area contributed by atoms with E-state index < -0.39 is 0 Å². The molecule has 0 aliphatic carbocycles. The zero-order chi connectivity index (χ0) is 11.8. The van der Waals surface area contributed by atoms with E-state index in [4.69, 9.17) is 5.84 Å². The minimum Gasteiger partial charge on any atom is -0.308 e. The van der Waals surface area contributed by atoms with E-state index in [1.165, 1.54) is 0 Å². The Hall–Kier alpha value is -1.60. The second-order valence-electron chi connectivity index (χ2n) is 3.83. The summed E-state index contributed by atoms with van der Waals surface area (Å²) in [4.78, 5) is 8.95. The molecule has 88 valence electrons. The van der Waals surface area contributed by atoms with Gasteiger partial charge in [-0.2, -0.15) is 16.9 Å². The summed E-state index contributed by atoms with van der Waals surface area (Å²) in [6.45, 7) is 0. The van der Waals surface area contributed by atoms with E-state index >= 15 is 0 Å². The van der Waals surface area contributed by atoms with E-state index in [9.17, 15) is 0 Å². The van der Waals surface area contributed by atoms with Gasteiger partial charge in [-0.05, 0) is 6.07 Å². The molecule has 2 aromatic heterocycles. The van der Waals surface area contributed by atoms with E-state index in [0.29, 0.717) is 11.6 Å². The molecule has 17 heavy (non-hydrogen) atoms. The fraction of sp³-hybridized carbons (Fsp3) is 0.300. The molecule has 1 aliphatic rings. The van der Waals surface area contributed by atoms with Crippen LogP contribution in [0.3, 0.4) is 0 Å². The zero-order valence-corrected chi connectivity index (χ0v) is 10.2. The molecule has 2 aromatic rings. The first-order valence-electron chi connectivity index (χ1n) is 5.22. The van der Waals surface area contributed by atoms with Crippen molar-refractivity contribution in [2.45, 2.75) is 11.5 Å². The second kappa shape index (κ2) is 4.01. The van der Waals surface area contributed by atoms with Gasteiger partial charge in [-0.1, -0.05) is 0 Å². The summed E-state index contributed by atoms with van der Waals surface area (Å²) in [5, 5.41) is 4.30. The van der Waals surface area contributed by atoms with Crippen molar-refractivity contribution in [1.82, 2.24) is 19.7 Å². The number of nitrogens with zero attached hydrogens (tertiary/aromatic N) is 4. The summed E-state index contributed by atoms with van der Waals surface area (Å²) < 4.78 is 1.73. The Morgan fingerprint density at radius 3 is 3.00 bits per heavy atom. The lowest BCUT2D eigenvalue weighted by molar-refractivity contribution is 0.768. The predicted octanol–water partition coefficient (Wildman–Crippen LogP) is 0.909. The van der Waals surface area contributed by atoms with Gasteiger partial charge in [0.1, 0.15) is 11.5 Å². The quantitative estimate of drug-likeness (QED) is 0.607. The Labute approximate surface area is 103 Å². The number of hydrogen-bond donors (Lipinski definition) is 2. The number of nitrogen functional groups attached to an aromatic ring is 1. The highest BCUT2D eigenvalue weighted by Gasteiger charge is 2.20. The number of rotatable bonds is 2. The van der Waals surface area contributed by atoms with Crippen molar-refractivity contribution in [2.75, 3.05) is 5.43 Å². The third kappa shape index (κ3) is 1.77. The number of hydrogen-bond acceptors (Lipinski definition) is 6.